The molecule has 0 amide bonds. The number of nitro groups is 2. The van der Waals surface area contributed by atoms with Gasteiger partial charge in [-0.1, -0.05) is 23.0 Å². The summed E-state index contributed by atoms with van der Waals surface area (Å²) >= 11 is 1.35. The van der Waals surface area contributed by atoms with Gasteiger partial charge in [0, 0.05) is 52.1 Å². The van der Waals surface area contributed by atoms with E-state index in [0.717, 1.165) is 16.7 Å². The SMILES string of the molecule is CC(=O)ON=C(C(=O)c1ccc(Sc2ccc([N+](=O)[O-])cc2)cc1)c1cc([N+](=O)[O-])ccc1C. The zero-order chi connectivity index (χ0) is 24.8. The van der Waals surface area contributed by atoms with E-state index in [4.69, 9.17) is 4.84 Å². The molecule has 34 heavy (non-hydrogen) atoms. The highest BCUT2D eigenvalue weighted by molar-refractivity contribution is 7.99. The Balaban J connectivity index is 1.89. The molecule has 0 heterocycles. The fraction of sp³-hybridized carbons (Fsp3) is 0.0870. The van der Waals surface area contributed by atoms with Crippen LogP contribution in [0.4, 0.5) is 11.4 Å². The van der Waals surface area contributed by atoms with Gasteiger partial charge < -0.3 is 4.84 Å². The van der Waals surface area contributed by atoms with Crippen molar-refractivity contribution in [3.8, 4) is 0 Å². The molecule has 10 nitrogen and oxygen atoms in total. The van der Waals surface area contributed by atoms with Crippen LogP contribution in [0.3, 0.4) is 0 Å². The number of oxime groups is 1. The van der Waals surface area contributed by atoms with Crippen molar-refractivity contribution in [2.45, 2.75) is 23.6 Å². The minimum absolute atomic E-state index is 0.0127. The molecule has 0 radical (unpaired) electrons. The molecule has 3 aromatic rings. The zero-order valence-corrected chi connectivity index (χ0v) is 18.8. The van der Waals surface area contributed by atoms with Crippen molar-refractivity contribution in [3.05, 3.63) is 104 Å². The Morgan fingerprint density at radius 1 is 0.853 bits per heavy atom. The van der Waals surface area contributed by atoms with Crippen molar-refractivity contribution in [2.24, 2.45) is 5.16 Å². The predicted octanol–water partition coefficient (Wildman–Crippen LogP) is 5.11. The number of aryl methyl sites for hydroxylation is 1. The van der Waals surface area contributed by atoms with Crippen LogP contribution in [0.1, 0.15) is 28.4 Å². The van der Waals surface area contributed by atoms with E-state index in [1.54, 1.807) is 43.3 Å². The second-order valence-electron chi connectivity index (χ2n) is 6.99. The maximum absolute atomic E-state index is 13.2. The zero-order valence-electron chi connectivity index (χ0n) is 18.0. The van der Waals surface area contributed by atoms with Gasteiger partial charge in [0.2, 0.25) is 5.78 Å². The number of nitro benzene ring substituents is 2. The summed E-state index contributed by atoms with van der Waals surface area (Å²) in [5.74, 6) is -1.33. The number of hydrogen-bond donors (Lipinski definition) is 0. The van der Waals surface area contributed by atoms with E-state index >= 15 is 0 Å². The molecule has 0 aromatic heterocycles. The Hall–Kier alpha value is -4.38. The molecule has 0 unspecified atom stereocenters. The highest BCUT2D eigenvalue weighted by Crippen LogP contribution is 2.29. The third-order valence-corrected chi connectivity index (χ3v) is 5.58. The number of ketones is 1. The van der Waals surface area contributed by atoms with Crippen molar-refractivity contribution in [1.82, 2.24) is 0 Å². The first-order valence-electron chi connectivity index (χ1n) is 9.74. The van der Waals surface area contributed by atoms with Gasteiger partial charge in [0.1, 0.15) is 0 Å². The summed E-state index contributed by atoms with van der Waals surface area (Å²) in [4.78, 5) is 51.6. The molecule has 0 spiro atoms. The summed E-state index contributed by atoms with van der Waals surface area (Å²) < 4.78 is 0. The summed E-state index contributed by atoms with van der Waals surface area (Å²) in [5.41, 5.74) is 0.442. The molecule has 172 valence electrons. The van der Waals surface area contributed by atoms with Crippen LogP contribution in [-0.2, 0) is 9.63 Å². The molecule has 0 aliphatic heterocycles. The van der Waals surface area contributed by atoms with E-state index in [2.05, 4.69) is 5.16 Å². The monoisotopic (exact) mass is 479 g/mol. The predicted molar refractivity (Wildman–Crippen MR) is 124 cm³/mol. The Bertz CT molecular complexity index is 1300. The normalized spacial score (nSPS) is 11.1. The van der Waals surface area contributed by atoms with Gasteiger partial charge >= 0.3 is 5.97 Å². The third-order valence-electron chi connectivity index (χ3n) is 4.57. The number of nitrogens with zero attached hydrogens (tertiary/aromatic N) is 3. The second kappa shape index (κ2) is 10.5. The van der Waals surface area contributed by atoms with Crippen LogP contribution in [0.25, 0.3) is 0 Å². The van der Waals surface area contributed by atoms with Gasteiger partial charge in [-0.05, 0) is 48.9 Å². The molecule has 0 atom stereocenters. The van der Waals surface area contributed by atoms with Crippen molar-refractivity contribution in [1.29, 1.82) is 0 Å². The fourth-order valence-corrected chi connectivity index (χ4v) is 3.70. The van der Waals surface area contributed by atoms with E-state index in [9.17, 15) is 29.8 Å². The van der Waals surface area contributed by atoms with Crippen LogP contribution in [0.2, 0.25) is 0 Å². The summed E-state index contributed by atoms with van der Waals surface area (Å²) in [7, 11) is 0. The van der Waals surface area contributed by atoms with Crippen molar-refractivity contribution in [3.63, 3.8) is 0 Å². The standard InChI is InChI=1S/C23H17N3O7S/c1-14-3-6-18(26(31)32)13-21(14)22(24-33-15(2)27)23(28)16-4-9-19(10-5-16)34-20-11-7-17(8-12-20)25(29)30/h3-13H,1-2H3. The molecule has 0 saturated heterocycles. The smallest absolute Gasteiger partial charge is 0.318 e. The largest absolute Gasteiger partial charge is 0.332 e. The summed E-state index contributed by atoms with van der Waals surface area (Å²) in [6.07, 6.45) is 0. The number of hydrogen-bond acceptors (Lipinski definition) is 9. The highest BCUT2D eigenvalue weighted by Gasteiger charge is 2.22. The number of non-ortho nitro benzene ring substituents is 2. The lowest BCUT2D eigenvalue weighted by Crippen LogP contribution is -2.18. The molecule has 11 heteroatoms. The van der Waals surface area contributed by atoms with Crippen LogP contribution in [-0.4, -0.2) is 27.3 Å². The van der Waals surface area contributed by atoms with Crippen LogP contribution < -0.4 is 0 Å². The first-order valence-corrected chi connectivity index (χ1v) is 10.6. The summed E-state index contributed by atoms with van der Waals surface area (Å²) in [6, 6.07) is 16.5. The van der Waals surface area contributed by atoms with Crippen LogP contribution in [0.5, 0.6) is 0 Å². The maximum atomic E-state index is 13.2. The lowest BCUT2D eigenvalue weighted by molar-refractivity contribution is -0.385. The first kappa shape index (κ1) is 24.3. The van der Waals surface area contributed by atoms with Gasteiger partial charge in [-0.2, -0.15) is 0 Å². The van der Waals surface area contributed by atoms with Crippen LogP contribution in [0, 0.1) is 27.2 Å². The molecule has 0 aliphatic rings. The third kappa shape index (κ3) is 5.90. The minimum atomic E-state index is -0.747. The van der Waals surface area contributed by atoms with Gasteiger partial charge in [-0.15, -0.1) is 0 Å². The Morgan fingerprint density at radius 3 is 1.91 bits per heavy atom. The van der Waals surface area contributed by atoms with Gasteiger partial charge in [-0.3, -0.25) is 25.0 Å². The number of carbonyl (C=O) groups is 2. The average molecular weight is 479 g/mol. The molecular formula is C23H17N3O7S. The Morgan fingerprint density at radius 2 is 1.38 bits per heavy atom. The van der Waals surface area contributed by atoms with Gasteiger partial charge in [0.05, 0.1) is 9.85 Å². The second-order valence-corrected chi connectivity index (χ2v) is 8.13. The van der Waals surface area contributed by atoms with E-state index in [1.165, 1.54) is 42.1 Å². The lowest BCUT2D eigenvalue weighted by Gasteiger charge is -2.09. The summed E-state index contributed by atoms with van der Waals surface area (Å²) in [5, 5.41) is 25.7. The first-order chi connectivity index (χ1) is 16.2. The molecule has 0 fully saturated rings. The number of benzene rings is 3. The molecule has 3 rings (SSSR count). The summed E-state index contributed by atoms with van der Waals surface area (Å²) in [6.45, 7) is 2.77. The van der Waals surface area contributed by atoms with Crippen molar-refractivity contribution >= 4 is 40.6 Å². The quantitative estimate of drug-likeness (QED) is 0.143. The molecule has 3 aromatic carbocycles. The minimum Gasteiger partial charge on any atom is -0.318 e. The molecule has 0 saturated carbocycles. The number of Topliss-reactive ketones (excluding diaryl/α,β-unsaturated/α-hetero) is 1. The maximum Gasteiger partial charge on any atom is 0.332 e. The Labute approximate surface area is 197 Å². The molecular weight excluding hydrogens is 462 g/mol. The van der Waals surface area contributed by atoms with E-state index in [-0.39, 0.29) is 28.2 Å². The fourth-order valence-electron chi connectivity index (χ4n) is 2.88. The van der Waals surface area contributed by atoms with Gasteiger partial charge in [-0.25, -0.2) is 4.79 Å². The molecule has 0 bridgehead atoms. The highest BCUT2D eigenvalue weighted by atomic mass is 32.2. The van der Waals surface area contributed by atoms with Crippen molar-refractivity contribution in [2.75, 3.05) is 0 Å². The van der Waals surface area contributed by atoms with Crippen LogP contribution >= 0.6 is 11.8 Å². The van der Waals surface area contributed by atoms with E-state index in [0.29, 0.717) is 5.56 Å². The number of carbonyl (C=O) groups excluding carboxylic acids is 2. The topological polar surface area (TPSA) is 142 Å². The Kier molecular flexibility index (Phi) is 7.49. The van der Waals surface area contributed by atoms with Gasteiger partial charge in [0.25, 0.3) is 11.4 Å². The lowest BCUT2D eigenvalue weighted by atomic mass is 9.97. The van der Waals surface area contributed by atoms with Gasteiger partial charge in [0.15, 0.2) is 5.71 Å². The average Bonchev–Trinajstić information content (AvgIpc) is 2.80. The molecule has 0 aliphatic carbocycles. The van der Waals surface area contributed by atoms with Crippen LogP contribution in [0.15, 0.2) is 81.7 Å². The number of rotatable bonds is 8. The van der Waals surface area contributed by atoms with E-state index in [1.807, 2.05) is 0 Å². The molecule has 0 N–H and O–H groups in total. The van der Waals surface area contributed by atoms with E-state index < -0.39 is 21.6 Å². The van der Waals surface area contributed by atoms with Crippen molar-refractivity contribution < 1.29 is 24.3 Å².